The van der Waals surface area contributed by atoms with Crippen molar-refractivity contribution in [2.75, 3.05) is 0 Å². The summed E-state index contributed by atoms with van der Waals surface area (Å²) in [6.45, 7) is -0.178. The van der Waals surface area contributed by atoms with Crippen molar-refractivity contribution < 1.29 is 13.5 Å². The standard InChI is InChI=1S/C11H9BrF2N2O/c1-16-5-7(4-15-16)17-6-8-10(13)3-2-9(12)11(8)14/h2-5H,6H2,1H3. The first kappa shape index (κ1) is 12.0. The second-order valence-electron chi connectivity index (χ2n) is 3.46. The van der Waals surface area contributed by atoms with E-state index in [9.17, 15) is 8.78 Å². The van der Waals surface area contributed by atoms with Crippen LogP contribution in [0.25, 0.3) is 0 Å². The molecule has 0 aliphatic heterocycles. The zero-order valence-electron chi connectivity index (χ0n) is 8.95. The number of halogens is 3. The fourth-order valence-electron chi connectivity index (χ4n) is 1.33. The van der Waals surface area contributed by atoms with E-state index < -0.39 is 11.6 Å². The van der Waals surface area contributed by atoms with Gasteiger partial charge in [0.25, 0.3) is 0 Å². The molecule has 2 rings (SSSR count). The van der Waals surface area contributed by atoms with Crippen molar-refractivity contribution in [3.05, 3.63) is 46.2 Å². The summed E-state index contributed by atoms with van der Waals surface area (Å²) in [5, 5.41) is 3.89. The van der Waals surface area contributed by atoms with Crippen molar-refractivity contribution in [1.82, 2.24) is 9.78 Å². The lowest BCUT2D eigenvalue weighted by atomic mass is 10.2. The second kappa shape index (κ2) is 4.83. The van der Waals surface area contributed by atoms with E-state index in [1.807, 2.05) is 0 Å². The summed E-state index contributed by atoms with van der Waals surface area (Å²) < 4.78 is 34.0. The van der Waals surface area contributed by atoms with Crippen LogP contribution in [0.5, 0.6) is 5.75 Å². The number of ether oxygens (including phenoxy) is 1. The van der Waals surface area contributed by atoms with Crippen LogP contribution < -0.4 is 4.74 Å². The zero-order valence-corrected chi connectivity index (χ0v) is 10.5. The number of aromatic nitrogens is 2. The third kappa shape index (κ3) is 2.63. The highest BCUT2D eigenvalue weighted by Crippen LogP contribution is 2.22. The molecule has 0 saturated heterocycles. The molecule has 6 heteroatoms. The molecule has 0 atom stereocenters. The first-order valence-electron chi connectivity index (χ1n) is 4.81. The molecule has 1 aromatic heterocycles. The van der Waals surface area contributed by atoms with Gasteiger partial charge in [-0.15, -0.1) is 0 Å². The van der Waals surface area contributed by atoms with E-state index in [-0.39, 0.29) is 16.6 Å². The number of nitrogens with zero attached hydrogens (tertiary/aromatic N) is 2. The van der Waals surface area contributed by atoms with Crippen LogP contribution in [0.1, 0.15) is 5.56 Å². The van der Waals surface area contributed by atoms with Crippen molar-refractivity contribution in [3.63, 3.8) is 0 Å². The SMILES string of the molecule is Cn1cc(OCc2c(F)ccc(Br)c2F)cn1. The number of hydrogen-bond donors (Lipinski definition) is 0. The molecule has 0 aliphatic carbocycles. The topological polar surface area (TPSA) is 27.1 Å². The monoisotopic (exact) mass is 302 g/mol. The molecule has 0 N–H and O–H groups in total. The first-order valence-corrected chi connectivity index (χ1v) is 5.61. The first-order chi connectivity index (χ1) is 8.08. The quantitative estimate of drug-likeness (QED) is 0.815. The van der Waals surface area contributed by atoms with Crippen LogP contribution in [0, 0.1) is 11.6 Å². The summed E-state index contributed by atoms with van der Waals surface area (Å²) >= 11 is 3.00. The Labute approximate surface area is 105 Å². The molecule has 0 unspecified atom stereocenters. The fraction of sp³-hybridized carbons (Fsp3) is 0.182. The van der Waals surface area contributed by atoms with Crippen LogP contribution in [0.15, 0.2) is 29.0 Å². The van der Waals surface area contributed by atoms with Gasteiger partial charge in [0.15, 0.2) is 5.75 Å². The van der Waals surface area contributed by atoms with Crippen molar-refractivity contribution in [3.8, 4) is 5.75 Å². The van der Waals surface area contributed by atoms with E-state index in [1.165, 1.54) is 18.3 Å². The summed E-state index contributed by atoms with van der Waals surface area (Å²) in [5.74, 6) is -0.810. The summed E-state index contributed by atoms with van der Waals surface area (Å²) in [5.41, 5.74) is -0.108. The largest absolute Gasteiger partial charge is 0.485 e. The molecule has 0 saturated carbocycles. The van der Waals surface area contributed by atoms with Crippen LogP contribution >= 0.6 is 15.9 Å². The van der Waals surface area contributed by atoms with Gasteiger partial charge in [-0.1, -0.05) is 0 Å². The van der Waals surface area contributed by atoms with Crippen LogP contribution in [-0.4, -0.2) is 9.78 Å². The summed E-state index contributed by atoms with van der Waals surface area (Å²) in [6.07, 6.45) is 3.10. The van der Waals surface area contributed by atoms with E-state index in [0.29, 0.717) is 5.75 Å². The van der Waals surface area contributed by atoms with E-state index in [1.54, 1.807) is 17.9 Å². The van der Waals surface area contributed by atoms with Crippen molar-refractivity contribution >= 4 is 15.9 Å². The molecule has 0 bridgehead atoms. The summed E-state index contributed by atoms with van der Waals surface area (Å²) in [6, 6.07) is 2.51. The average Bonchev–Trinajstić information content (AvgIpc) is 2.70. The van der Waals surface area contributed by atoms with E-state index >= 15 is 0 Å². The minimum Gasteiger partial charge on any atom is -0.485 e. The normalized spacial score (nSPS) is 10.6. The Hall–Kier alpha value is -1.43. The van der Waals surface area contributed by atoms with Gasteiger partial charge in [0.1, 0.15) is 18.2 Å². The molecule has 0 amide bonds. The minimum absolute atomic E-state index is 0.108. The maximum absolute atomic E-state index is 13.6. The third-order valence-corrected chi connectivity index (χ3v) is 2.82. The Bertz CT molecular complexity index is 542. The number of hydrogen-bond acceptors (Lipinski definition) is 2. The Balaban J connectivity index is 2.16. The van der Waals surface area contributed by atoms with Crippen molar-refractivity contribution in [1.29, 1.82) is 0 Å². The molecule has 3 nitrogen and oxygen atoms in total. The van der Waals surface area contributed by atoms with Crippen molar-refractivity contribution in [2.45, 2.75) is 6.61 Å². The average molecular weight is 303 g/mol. The predicted molar refractivity (Wildman–Crippen MR) is 61.6 cm³/mol. The second-order valence-corrected chi connectivity index (χ2v) is 4.31. The van der Waals surface area contributed by atoms with E-state index in [4.69, 9.17) is 4.74 Å². The van der Waals surface area contributed by atoms with Crippen LogP contribution in [-0.2, 0) is 13.7 Å². The Morgan fingerprint density at radius 1 is 1.41 bits per heavy atom. The molecule has 2 aromatic rings. The summed E-state index contributed by atoms with van der Waals surface area (Å²) in [7, 11) is 1.73. The Kier molecular flexibility index (Phi) is 3.42. The smallest absolute Gasteiger partial charge is 0.157 e. The highest BCUT2D eigenvalue weighted by Gasteiger charge is 2.13. The summed E-state index contributed by atoms with van der Waals surface area (Å²) in [4.78, 5) is 0. The zero-order chi connectivity index (χ0) is 12.4. The number of benzene rings is 1. The molecule has 0 radical (unpaired) electrons. The van der Waals surface area contributed by atoms with Gasteiger partial charge in [-0.3, -0.25) is 4.68 Å². The maximum atomic E-state index is 13.6. The van der Waals surface area contributed by atoms with E-state index in [2.05, 4.69) is 21.0 Å². The fourth-order valence-corrected chi connectivity index (χ4v) is 1.70. The highest BCUT2D eigenvalue weighted by atomic mass is 79.9. The number of rotatable bonds is 3. The molecule has 0 fully saturated rings. The van der Waals surface area contributed by atoms with Crippen LogP contribution in [0.2, 0.25) is 0 Å². The lowest BCUT2D eigenvalue weighted by Crippen LogP contribution is -2.02. The van der Waals surface area contributed by atoms with E-state index in [0.717, 1.165) is 0 Å². The number of aryl methyl sites for hydroxylation is 1. The lowest BCUT2D eigenvalue weighted by molar-refractivity contribution is 0.292. The molecular weight excluding hydrogens is 294 g/mol. The van der Waals surface area contributed by atoms with Gasteiger partial charge in [-0.2, -0.15) is 5.10 Å². The third-order valence-electron chi connectivity index (χ3n) is 2.20. The molecule has 1 aromatic carbocycles. The predicted octanol–water partition coefficient (Wildman–Crippen LogP) is 3.04. The van der Waals surface area contributed by atoms with Gasteiger partial charge in [0, 0.05) is 7.05 Å². The Morgan fingerprint density at radius 3 is 2.82 bits per heavy atom. The highest BCUT2D eigenvalue weighted by molar-refractivity contribution is 9.10. The molecule has 0 spiro atoms. The molecule has 90 valence electrons. The molecular formula is C11H9BrF2N2O. The van der Waals surface area contributed by atoms with Crippen molar-refractivity contribution in [2.24, 2.45) is 7.05 Å². The van der Waals surface area contributed by atoms with Gasteiger partial charge < -0.3 is 4.74 Å². The van der Waals surface area contributed by atoms with Gasteiger partial charge in [-0.05, 0) is 28.1 Å². The van der Waals surface area contributed by atoms with Gasteiger partial charge in [-0.25, -0.2) is 8.78 Å². The van der Waals surface area contributed by atoms with Gasteiger partial charge in [0.05, 0.1) is 22.4 Å². The maximum Gasteiger partial charge on any atom is 0.157 e. The van der Waals surface area contributed by atoms with Gasteiger partial charge >= 0.3 is 0 Å². The molecule has 17 heavy (non-hydrogen) atoms. The molecule has 1 heterocycles. The van der Waals surface area contributed by atoms with Gasteiger partial charge in [0.2, 0.25) is 0 Å². The van der Waals surface area contributed by atoms with Crippen LogP contribution in [0.4, 0.5) is 8.78 Å². The lowest BCUT2D eigenvalue weighted by Gasteiger charge is -2.07. The Morgan fingerprint density at radius 2 is 2.18 bits per heavy atom. The minimum atomic E-state index is -0.645. The van der Waals surface area contributed by atoms with Crippen LogP contribution in [0.3, 0.4) is 0 Å². The molecule has 0 aliphatic rings.